The third-order valence-electron chi connectivity index (χ3n) is 2.63. The molecule has 0 fully saturated rings. The van der Waals surface area contributed by atoms with Crippen molar-refractivity contribution in [2.24, 2.45) is 0 Å². The molecule has 4 heteroatoms. The molecular weight excluding hydrogens is 221 g/mol. The van der Waals surface area contributed by atoms with Gasteiger partial charge in [0.1, 0.15) is 5.82 Å². The summed E-state index contributed by atoms with van der Waals surface area (Å²) in [7, 11) is 1.63. The van der Waals surface area contributed by atoms with Crippen LogP contribution < -0.4 is 5.32 Å². The van der Waals surface area contributed by atoms with Gasteiger partial charge >= 0.3 is 0 Å². The van der Waals surface area contributed by atoms with Crippen molar-refractivity contribution in [3.8, 4) is 0 Å². The van der Waals surface area contributed by atoms with Crippen LogP contribution >= 0.6 is 0 Å². The molecule has 0 aromatic heterocycles. The zero-order chi connectivity index (χ0) is 12.7. The van der Waals surface area contributed by atoms with Gasteiger partial charge in [0.15, 0.2) is 0 Å². The van der Waals surface area contributed by atoms with Crippen molar-refractivity contribution in [1.82, 2.24) is 5.32 Å². The number of nitrogens with one attached hydrogen (secondary N) is 1. The fourth-order valence-electron chi connectivity index (χ4n) is 1.63. The Morgan fingerprint density at radius 3 is 2.94 bits per heavy atom. The Hall–Kier alpha value is -0.970. The molecular formula is C13H20FNO2. The molecule has 1 aromatic rings. The number of aryl methyl sites for hydroxylation is 1. The normalized spacial score (nSPS) is 12.7. The maximum atomic E-state index is 13.0. The summed E-state index contributed by atoms with van der Waals surface area (Å²) in [5.41, 5.74) is 1.85. The predicted octanol–water partition coefficient (Wildman–Crippen LogP) is 1.27. The Labute approximate surface area is 102 Å². The minimum Gasteiger partial charge on any atom is -0.391 e. The third kappa shape index (κ3) is 5.26. The molecule has 1 aromatic carbocycles. The van der Waals surface area contributed by atoms with E-state index < -0.39 is 6.10 Å². The van der Waals surface area contributed by atoms with Gasteiger partial charge < -0.3 is 15.2 Å². The van der Waals surface area contributed by atoms with Crippen molar-refractivity contribution in [2.75, 3.05) is 26.8 Å². The molecule has 0 spiro atoms. The minimum atomic E-state index is -0.507. The molecule has 0 aliphatic rings. The first-order valence-corrected chi connectivity index (χ1v) is 5.76. The molecule has 0 bridgehead atoms. The van der Waals surface area contributed by atoms with Gasteiger partial charge in [-0.2, -0.15) is 0 Å². The lowest BCUT2D eigenvalue weighted by Crippen LogP contribution is -2.30. The second-order valence-corrected chi connectivity index (χ2v) is 4.13. The van der Waals surface area contributed by atoms with Crippen LogP contribution in [0.4, 0.5) is 4.39 Å². The largest absolute Gasteiger partial charge is 0.391 e. The summed E-state index contributed by atoms with van der Waals surface area (Å²) in [5, 5.41) is 12.9. The van der Waals surface area contributed by atoms with Crippen molar-refractivity contribution in [1.29, 1.82) is 0 Å². The summed E-state index contributed by atoms with van der Waals surface area (Å²) >= 11 is 0. The van der Waals surface area contributed by atoms with E-state index in [4.69, 9.17) is 4.74 Å². The first-order chi connectivity index (χ1) is 8.13. The molecule has 0 aliphatic heterocycles. The van der Waals surface area contributed by atoms with Gasteiger partial charge in [-0.15, -0.1) is 0 Å². The summed E-state index contributed by atoms with van der Waals surface area (Å²) in [6.45, 7) is 3.72. The van der Waals surface area contributed by atoms with Gasteiger partial charge in [-0.25, -0.2) is 4.39 Å². The van der Waals surface area contributed by atoms with Crippen LogP contribution in [-0.2, 0) is 11.2 Å². The van der Waals surface area contributed by atoms with Crippen molar-refractivity contribution >= 4 is 0 Å². The summed E-state index contributed by atoms with van der Waals surface area (Å²) in [4.78, 5) is 0. The van der Waals surface area contributed by atoms with Crippen molar-refractivity contribution < 1.29 is 14.2 Å². The third-order valence-corrected chi connectivity index (χ3v) is 2.63. The summed E-state index contributed by atoms with van der Waals surface area (Å²) in [6.07, 6.45) is -0.0452. The summed E-state index contributed by atoms with van der Waals surface area (Å²) in [6, 6.07) is 4.64. The van der Waals surface area contributed by atoms with Gasteiger partial charge in [-0.1, -0.05) is 6.07 Å². The zero-order valence-corrected chi connectivity index (χ0v) is 10.4. The number of ether oxygens (including phenoxy) is 1. The van der Waals surface area contributed by atoms with Crippen LogP contribution in [0.3, 0.4) is 0 Å². The molecule has 0 saturated heterocycles. The highest BCUT2D eigenvalue weighted by molar-refractivity contribution is 5.27. The fourth-order valence-corrected chi connectivity index (χ4v) is 1.63. The number of rotatable bonds is 7. The van der Waals surface area contributed by atoms with E-state index in [1.807, 2.05) is 6.92 Å². The quantitative estimate of drug-likeness (QED) is 0.706. The molecule has 3 nitrogen and oxygen atoms in total. The van der Waals surface area contributed by atoms with Gasteiger partial charge in [0, 0.05) is 20.2 Å². The molecule has 0 saturated carbocycles. The molecule has 0 heterocycles. The molecule has 2 N–H and O–H groups in total. The lowest BCUT2D eigenvalue weighted by Gasteiger charge is -2.13. The molecule has 0 aliphatic carbocycles. The zero-order valence-electron chi connectivity index (χ0n) is 10.4. The van der Waals surface area contributed by atoms with E-state index in [9.17, 15) is 9.50 Å². The first-order valence-electron chi connectivity index (χ1n) is 5.76. The monoisotopic (exact) mass is 241 g/mol. The molecule has 17 heavy (non-hydrogen) atoms. The number of benzene rings is 1. The van der Waals surface area contributed by atoms with Crippen LogP contribution in [0.15, 0.2) is 18.2 Å². The Balaban J connectivity index is 2.39. The van der Waals surface area contributed by atoms with Gasteiger partial charge in [0.2, 0.25) is 0 Å². The van der Waals surface area contributed by atoms with E-state index in [0.717, 1.165) is 11.1 Å². The van der Waals surface area contributed by atoms with E-state index in [0.29, 0.717) is 26.1 Å². The number of methoxy groups -OCH3 is 1. The Morgan fingerprint density at radius 1 is 1.47 bits per heavy atom. The average molecular weight is 241 g/mol. The number of halogens is 1. The summed E-state index contributed by atoms with van der Waals surface area (Å²) in [5.74, 6) is -0.259. The van der Waals surface area contributed by atoms with Gasteiger partial charge in [-0.3, -0.25) is 0 Å². The highest BCUT2D eigenvalue weighted by atomic mass is 19.1. The second kappa shape index (κ2) is 7.37. The number of aliphatic hydroxyl groups is 1. The SMILES string of the molecule is COCCNCC(O)Cc1cc(F)ccc1C. The van der Waals surface area contributed by atoms with Crippen LogP contribution in [0.1, 0.15) is 11.1 Å². The summed E-state index contributed by atoms with van der Waals surface area (Å²) < 4.78 is 17.9. The Kier molecular flexibility index (Phi) is 6.11. The van der Waals surface area contributed by atoms with E-state index in [2.05, 4.69) is 5.32 Å². The molecule has 1 unspecified atom stereocenters. The average Bonchev–Trinajstić information content (AvgIpc) is 2.29. The smallest absolute Gasteiger partial charge is 0.123 e. The van der Waals surface area contributed by atoms with Crippen LogP contribution in [-0.4, -0.2) is 38.0 Å². The second-order valence-electron chi connectivity index (χ2n) is 4.13. The van der Waals surface area contributed by atoms with Crippen LogP contribution in [0, 0.1) is 12.7 Å². The predicted molar refractivity (Wildman–Crippen MR) is 65.6 cm³/mol. The molecule has 96 valence electrons. The van der Waals surface area contributed by atoms with E-state index in [-0.39, 0.29) is 5.82 Å². The van der Waals surface area contributed by atoms with Crippen molar-refractivity contribution in [3.63, 3.8) is 0 Å². The highest BCUT2D eigenvalue weighted by Gasteiger charge is 2.08. The van der Waals surface area contributed by atoms with Crippen molar-refractivity contribution in [3.05, 3.63) is 35.1 Å². The molecule has 0 amide bonds. The number of hydrogen-bond donors (Lipinski definition) is 2. The van der Waals surface area contributed by atoms with Crippen LogP contribution in [0.5, 0.6) is 0 Å². The molecule has 1 rings (SSSR count). The van der Waals surface area contributed by atoms with Crippen LogP contribution in [0.2, 0.25) is 0 Å². The maximum absolute atomic E-state index is 13.0. The van der Waals surface area contributed by atoms with Gasteiger partial charge in [0.25, 0.3) is 0 Å². The Morgan fingerprint density at radius 2 is 2.24 bits per heavy atom. The van der Waals surface area contributed by atoms with E-state index >= 15 is 0 Å². The lowest BCUT2D eigenvalue weighted by molar-refractivity contribution is 0.159. The number of hydrogen-bond acceptors (Lipinski definition) is 3. The van der Waals surface area contributed by atoms with Crippen molar-refractivity contribution in [2.45, 2.75) is 19.4 Å². The maximum Gasteiger partial charge on any atom is 0.123 e. The molecule has 1 atom stereocenters. The molecule has 0 radical (unpaired) electrons. The van der Waals surface area contributed by atoms with Crippen LogP contribution in [0.25, 0.3) is 0 Å². The van der Waals surface area contributed by atoms with Gasteiger partial charge in [0.05, 0.1) is 12.7 Å². The Bertz CT molecular complexity index is 344. The lowest BCUT2D eigenvalue weighted by atomic mass is 10.0. The van der Waals surface area contributed by atoms with E-state index in [1.54, 1.807) is 13.2 Å². The standard InChI is InChI=1S/C13H20FNO2/c1-10-3-4-12(14)7-11(10)8-13(16)9-15-5-6-17-2/h3-4,7,13,15-16H,5-6,8-9H2,1-2H3. The topological polar surface area (TPSA) is 41.5 Å². The number of aliphatic hydroxyl groups excluding tert-OH is 1. The fraction of sp³-hybridized carbons (Fsp3) is 0.538. The highest BCUT2D eigenvalue weighted by Crippen LogP contribution is 2.12. The first kappa shape index (κ1) is 14.1. The van der Waals surface area contributed by atoms with E-state index in [1.165, 1.54) is 12.1 Å². The minimum absolute atomic E-state index is 0.259. The van der Waals surface area contributed by atoms with Gasteiger partial charge in [-0.05, 0) is 36.6 Å².